The molecule has 16 heavy (non-hydrogen) atoms. The molecule has 0 aromatic heterocycles. The van der Waals surface area contributed by atoms with Gasteiger partial charge in [-0.2, -0.15) is 0 Å². The van der Waals surface area contributed by atoms with E-state index in [2.05, 4.69) is 37.8 Å². The Balaban J connectivity index is 2.02. The van der Waals surface area contributed by atoms with Gasteiger partial charge in [-0.25, -0.2) is 0 Å². The number of aryl methyl sites for hydroxylation is 2. The van der Waals surface area contributed by atoms with E-state index >= 15 is 0 Å². The third kappa shape index (κ3) is 5.75. The van der Waals surface area contributed by atoms with Crippen molar-refractivity contribution in [2.45, 2.75) is 51.9 Å². The van der Waals surface area contributed by atoms with Gasteiger partial charge >= 0.3 is 0 Å². The molecule has 0 amide bonds. The Hall–Kier alpha value is -1.04. The van der Waals surface area contributed by atoms with Crippen LogP contribution in [-0.4, -0.2) is 0 Å². The standard InChI is InChI=1S/C16H24/c1-3-4-5-6-7-8-9-10-16-13-11-15(2)12-14-16/h3,11-14H,1,4-10H2,2H3. The molecule has 0 saturated carbocycles. The Morgan fingerprint density at radius 2 is 1.56 bits per heavy atom. The first-order chi connectivity index (χ1) is 7.83. The first-order valence-corrected chi connectivity index (χ1v) is 6.49. The zero-order chi connectivity index (χ0) is 11.6. The Morgan fingerprint density at radius 1 is 0.938 bits per heavy atom. The van der Waals surface area contributed by atoms with E-state index in [0.29, 0.717) is 0 Å². The van der Waals surface area contributed by atoms with Gasteiger partial charge in [-0.3, -0.25) is 0 Å². The Bertz CT molecular complexity index is 281. The van der Waals surface area contributed by atoms with Crippen LogP contribution in [0.15, 0.2) is 36.9 Å². The van der Waals surface area contributed by atoms with Crippen molar-refractivity contribution in [3.8, 4) is 0 Å². The van der Waals surface area contributed by atoms with Gasteiger partial charge < -0.3 is 0 Å². The summed E-state index contributed by atoms with van der Waals surface area (Å²) in [5.74, 6) is 0. The van der Waals surface area contributed by atoms with Crippen LogP contribution < -0.4 is 0 Å². The SMILES string of the molecule is C=CCCCCCCCc1ccc(C)cc1. The molecule has 0 bridgehead atoms. The Labute approximate surface area is 100 Å². The second kappa shape index (κ2) is 8.15. The molecule has 1 aromatic rings. The summed E-state index contributed by atoms with van der Waals surface area (Å²) in [6, 6.07) is 8.93. The molecule has 0 aliphatic carbocycles. The van der Waals surface area contributed by atoms with Crippen LogP contribution >= 0.6 is 0 Å². The fourth-order valence-electron chi connectivity index (χ4n) is 1.90. The molecule has 0 fully saturated rings. The van der Waals surface area contributed by atoms with Crippen molar-refractivity contribution < 1.29 is 0 Å². The van der Waals surface area contributed by atoms with Crippen LogP contribution in [0.25, 0.3) is 0 Å². The topological polar surface area (TPSA) is 0 Å². The molecular weight excluding hydrogens is 192 g/mol. The number of hydrogen-bond acceptors (Lipinski definition) is 0. The molecule has 0 radical (unpaired) electrons. The van der Waals surface area contributed by atoms with Crippen molar-refractivity contribution >= 4 is 0 Å². The summed E-state index contributed by atoms with van der Waals surface area (Å²) in [5.41, 5.74) is 2.84. The highest BCUT2D eigenvalue weighted by Crippen LogP contribution is 2.10. The first-order valence-electron chi connectivity index (χ1n) is 6.49. The molecule has 0 saturated heterocycles. The van der Waals surface area contributed by atoms with Crippen LogP contribution in [0.5, 0.6) is 0 Å². The maximum Gasteiger partial charge on any atom is -0.0279 e. The lowest BCUT2D eigenvalue weighted by atomic mass is 10.0. The molecule has 0 nitrogen and oxygen atoms in total. The van der Waals surface area contributed by atoms with E-state index in [4.69, 9.17) is 0 Å². The van der Waals surface area contributed by atoms with Gasteiger partial charge in [-0.05, 0) is 38.2 Å². The van der Waals surface area contributed by atoms with Gasteiger partial charge in [0.05, 0.1) is 0 Å². The third-order valence-electron chi connectivity index (χ3n) is 2.99. The van der Waals surface area contributed by atoms with Gasteiger partial charge in [-0.1, -0.05) is 55.2 Å². The van der Waals surface area contributed by atoms with E-state index in [1.807, 2.05) is 6.08 Å². The predicted molar refractivity (Wildman–Crippen MR) is 72.8 cm³/mol. The van der Waals surface area contributed by atoms with Crippen LogP contribution in [0.4, 0.5) is 0 Å². The summed E-state index contributed by atoms with van der Waals surface area (Å²) in [6.07, 6.45) is 11.2. The second-order valence-corrected chi connectivity index (χ2v) is 4.58. The molecule has 0 unspecified atom stereocenters. The largest absolute Gasteiger partial charge is 0.103 e. The molecule has 0 atom stereocenters. The van der Waals surface area contributed by atoms with Crippen molar-refractivity contribution in [2.75, 3.05) is 0 Å². The quantitative estimate of drug-likeness (QED) is 0.420. The molecule has 0 spiro atoms. The smallest absolute Gasteiger partial charge is 0.0279 e. The fraction of sp³-hybridized carbons (Fsp3) is 0.500. The number of rotatable bonds is 8. The van der Waals surface area contributed by atoms with Crippen LogP contribution in [0.2, 0.25) is 0 Å². The molecule has 0 aliphatic heterocycles. The molecule has 1 rings (SSSR count). The van der Waals surface area contributed by atoms with Crippen molar-refractivity contribution in [1.82, 2.24) is 0 Å². The minimum atomic E-state index is 1.18. The number of hydrogen-bond donors (Lipinski definition) is 0. The van der Waals surface area contributed by atoms with E-state index in [0.717, 1.165) is 0 Å². The van der Waals surface area contributed by atoms with Crippen molar-refractivity contribution in [1.29, 1.82) is 0 Å². The summed E-state index contributed by atoms with van der Waals surface area (Å²) in [6.45, 7) is 5.88. The first kappa shape index (κ1) is 13.0. The van der Waals surface area contributed by atoms with E-state index in [1.54, 1.807) is 0 Å². The van der Waals surface area contributed by atoms with Crippen molar-refractivity contribution in [3.63, 3.8) is 0 Å². The van der Waals surface area contributed by atoms with Crippen LogP contribution in [0.3, 0.4) is 0 Å². The highest BCUT2D eigenvalue weighted by molar-refractivity contribution is 5.21. The monoisotopic (exact) mass is 216 g/mol. The third-order valence-corrected chi connectivity index (χ3v) is 2.99. The Morgan fingerprint density at radius 3 is 2.25 bits per heavy atom. The predicted octanol–water partition coefficient (Wildman–Crippen LogP) is 5.06. The minimum absolute atomic E-state index is 1.18. The molecule has 88 valence electrons. The zero-order valence-corrected chi connectivity index (χ0v) is 10.5. The van der Waals surface area contributed by atoms with Gasteiger partial charge in [0.1, 0.15) is 0 Å². The molecule has 0 heterocycles. The summed E-state index contributed by atoms with van der Waals surface area (Å²) in [5, 5.41) is 0. The van der Waals surface area contributed by atoms with Gasteiger partial charge in [0.15, 0.2) is 0 Å². The second-order valence-electron chi connectivity index (χ2n) is 4.58. The zero-order valence-electron chi connectivity index (χ0n) is 10.5. The molecule has 1 aromatic carbocycles. The number of allylic oxidation sites excluding steroid dienone is 1. The maximum absolute atomic E-state index is 3.74. The van der Waals surface area contributed by atoms with E-state index < -0.39 is 0 Å². The number of benzene rings is 1. The maximum atomic E-state index is 3.74. The average Bonchev–Trinajstić information content (AvgIpc) is 2.30. The van der Waals surface area contributed by atoms with Gasteiger partial charge in [0.25, 0.3) is 0 Å². The van der Waals surface area contributed by atoms with Gasteiger partial charge in [0, 0.05) is 0 Å². The van der Waals surface area contributed by atoms with Crippen molar-refractivity contribution in [3.05, 3.63) is 48.0 Å². The average molecular weight is 216 g/mol. The lowest BCUT2D eigenvalue weighted by molar-refractivity contribution is 0.618. The van der Waals surface area contributed by atoms with Crippen LogP contribution in [0.1, 0.15) is 49.7 Å². The summed E-state index contributed by atoms with van der Waals surface area (Å²) >= 11 is 0. The van der Waals surface area contributed by atoms with E-state index in [1.165, 1.54) is 56.1 Å². The molecule has 0 N–H and O–H groups in total. The highest BCUT2D eigenvalue weighted by atomic mass is 14.0. The summed E-state index contributed by atoms with van der Waals surface area (Å²) < 4.78 is 0. The van der Waals surface area contributed by atoms with Gasteiger partial charge in [0.2, 0.25) is 0 Å². The highest BCUT2D eigenvalue weighted by Gasteiger charge is 1.93. The lowest BCUT2D eigenvalue weighted by Gasteiger charge is -2.02. The normalized spacial score (nSPS) is 10.3. The fourth-order valence-corrected chi connectivity index (χ4v) is 1.90. The van der Waals surface area contributed by atoms with E-state index in [-0.39, 0.29) is 0 Å². The van der Waals surface area contributed by atoms with Gasteiger partial charge in [-0.15, -0.1) is 6.58 Å². The molecular formula is C16H24. The minimum Gasteiger partial charge on any atom is -0.103 e. The van der Waals surface area contributed by atoms with Crippen LogP contribution in [0, 0.1) is 6.92 Å². The van der Waals surface area contributed by atoms with E-state index in [9.17, 15) is 0 Å². The summed E-state index contributed by atoms with van der Waals surface area (Å²) in [4.78, 5) is 0. The molecule has 0 aliphatic rings. The summed E-state index contributed by atoms with van der Waals surface area (Å²) in [7, 11) is 0. The van der Waals surface area contributed by atoms with Crippen LogP contribution in [-0.2, 0) is 6.42 Å². The molecule has 0 heteroatoms. The lowest BCUT2D eigenvalue weighted by Crippen LogP contribution is -1.86. The Kier molecular flexibility index (Phi) is 6.64. The van der Waals surface area contributed by atoms with Crippen molar-refractivity contribution in [2.24, 2.45) is 0 Å². The number of unbranched alkanes of at least 4 members (excludes halogenated alkanes) is 5.